The summed E-state index contributed by atoms with van der Waals surface area (Å²) in [4.78, 5) is 28.4. The van der Waals surface area contributed by atoms with Gasteiger partial charge in [0, 0.05) is 44.3 Å². The largest absolute Gasteiger partial charge is 0.497 e. The number of ether oxygens (including phenoxy) is 1. The quantitative estimate of drug-likeness (QED) is 0.717. The first-order chi connectivity index (χ1) is 14.5. The molecule has 3 rings (SSSR count). The number of hydrogen-bond donors (Lipinski definition) is 1. The number of carbonyl (C=O) groups is 2. The van der Waals surface area contributed by atoms with Crippen molar-refractivity contribution >= 4 is 11.8 Å². The van der Waals surface area contributed by atoms with E-state index in [0.717, 1.165) is 24.4 Å². The molecule has 0 radical (unpaired) electrons. The van der Waals surface area contributed by atoms with E-state index < -0.39 is 0 Å². The highest BCUT2D eigenvalue weighted by Gasteiger charge is 2.25. The van der Waals surface area contributed by atoms with Gasteiger partial charge in [-0.15, -0.1) is 0 Å². The highest BCUT2D eigenvalue weighted by atomic mass is 16.5. The fraction of sp³-hybridized carbons (Fsp3) is 0.333. The first-order valence-corrected chi connectivity index (χ1v) is 10.2. The van der Waals surface area contributed by atoms with Crippen molar-refractivity contribution in [2.24, 2.45) is 0 Å². The van der Waals surface area contributed by atoms with Crippen molar-refractivity contribution in [2.45, 2.75) is 19.5 Å². The summed E-state index contributed by atoms with van der Waals surface area (Å²) < 4.78 is 5.33. The lowest BCUT2D eigenvalue weighted by Gasteiger charge is -2.38. The van der Waals surface area contributed by atoms with Gasteiger partial charge in [-0.05, 0) is 48.4 Å². The van der Waals surface area contributed by atoms with E-state index in [1.165, 1.54) is 11.6 Å². The first kappa shape index (κ1) is 21.6. The standard InChI is InChI=1S/C24H29N3O3/c1-4-23(28)25-17-19-8-10-20(11-9-19)24(29)27-14-12-26(13-15-27)18(2)21-6-5-7-22(16-21)30-3/h4-11,16,18H,1,12-15,17H2,2-3H3,(H,25,28)/t18-/m1/s1. The molecule has 1 atom stereocenters. The zero-order valence-electron chi connectivity index (χ0n) is 17.6. The van der Waals surface area contributed by atoms with Crippen LogP contribution in [0.15, 0.2) is 61.2 Å². The third kappa shape index (κ3) is 5.27. The normalized spacial score (nSPS) is 15.3. The van der Waals surface area contributed by atoms with E-state index in [-0.39, 0.29) is 17.9 Å². The fourth-order valence-corrected chi connectivity index (χ4v) is 3.63. The van der Waals surface area contributed by atoms with Crippen LogP contribution in [0.2, 0.25) is 0 Å². The summed E-state index contributed by atoms with van der Waals surface area (Å²) >= 11 is 0. The monoisotopic (exact) mass is 407 g/mol. The molecule has 6 nitrogen and oxygen atoms in total. The van der Waals surface area contributed by atoms with Gasteiger partial charge in [-0.3, -0.25) is 14.5 Å². The van der Waals surface area contributed by atoms with Crippen LogP contribution in [-0.4, -0.2) is 54.9 Å². The van der Waals surface area contributed by atoms with Crippen molar-refractivity contribution in [3.05, 3.63) is 77.9 Å². The second-order valence-corrected chi connectivity index (χ2v) is 7.40. The van der Waals surface area contributed by atoms with Gasteiger partial charge in [-0.1, -0.05) is 30.8 Å². The highest BCUT2D eigenvalue weighted by molar-refractivity contribution is 5.94. The van der Waals surface area contributed by atoms with Gasteiger partial charge in [0.2, 0.25) is 5.91 Å². The topological polar surface area (TPSA) is 61.9 Å². The van der Waals surface area contributed by atoms with Gasteiger partial charge in [-0.2, -0.15) is 0 Å². The maximum Gasteiger partial charge on any atom is 0.253 e. The van der Waals surface area contributed by atoms with Gasteiger partial charge in [0.1, 0.15) is 5.75 Å². The lowest BCUT2D eigenvalue weighted by atomic mass is 10.1. The molecular weight excluding hydrogens is 378 g/mol. The van der Waals surface area contributed by atoms with Crippen LogP contribution < -0.4 is 10.1 Å². The average molecular weight is 408 g/mol. The Balaban J connectivity index is 1.54. The minimum atomic E-state index is -0.212. The Hall–Kier alpha value is -3.12. The Kier molecular flexibility index (Phi) is 7.25. The highest BCUT2D eigenvalue weighted by Crippen LogP contribution is 2.25. The van der Waals surface area contributed by atoms with Gasteiger partial charge in [0.15, 0.2) is 0 Å². The molecule has 1 heterocycles. The maximum atomic E-state index is 12.9. The van der Waals surface area contributed by atoms with Gasteiger partial charge in [-0.25, -0.2) is 0 Å². The molecule has 0 spiro atoms. The summed E-state index contributed by atoms with van der Waals surface area (Å²) in [5, 5.41) is 2.73. The van der Waals surface area contributed by atoms with Crippen LogP contribution in [0, 0.1) is 0 Å². The van der Waals surface area contributed by atoms with Crippen molar-refractivity contribution < 1.29 is 14.3 Å². The number of benzene rings is 2. The molecule has 2 aromatic rings. The molecule has 6 heteroatoms. The van der Waals surface area contributed by atoms with Crippen molar-refractivity contribution in [3.63, 3.8) is 0 Å². The smallest absolute Gasteiger partial charge is 0.253 e. The minimum Gasteiger partial charge on any atom is -0.497 e. The van der Waals surface area contributed by atoms with Crippen LogP contribution in [0.4, 0.5) is 0 Å². The fourth-order valence-electron chi connectivity index (χ4n) is 3.63. The summed E-state index contributed by atoms with van der Waals surface area (Å²) in [5.74, 6) is 0.697. The van der Waals surface area contributed by atoms with Gasteiger partial charge >= 0.3 is 0 Å². The molecule has 1 N–H and O–H groups in total. The molecule has 0 saturated carbocycles. The van der Waals surface area contributed by atoms with E-state index in [4.69, 9.17) is 4.74 Å². The van der Waals surface area contributed by atoms with Crippen LogP contribution in [0.5, 0.6) is 5.75 Å². The number of carbonyl (C=O) groups excluding carboxylic acids is 2. The SMILES string of the molecule is C=CC(=O)NCc1ccc(C(=O)N2CCN([C@H](C)c3cccc(OC)c3)CC2)cc1. The molecule has 1 aliphatic rings. The number of piperazine rings is 1. The first-order valence-electron chi connectivity index (χ1n) is 10.2. The zero-order valence-corrected chi connectivity index (χ0v) is 17.6. The molecule has 158 valence electrons. The molecule has 0 aliphatic carbocycles. The number of amides is 2. The molecule has 1 fully saturated rings. The molecule has 1 aliphatic heterocycles. The Labute approximate surface area is 178 Å². The second kappa shape index (κ2) is 10.1. The minimum absolute atomic E-state index is 0.0466. The van der Waals surface area contributed by atoms with Crippen molar-refractivity contribution in [1.82, 2.24) is 15.1 Å². The zero-order chi connectivity index (χ0) is 21.5. The van der Waals surface area contributed by atoms with Crippen LogP contribution in [0.1, 0.15) is 34.5 Å². The molecule has 0 bridgehead atoms. The number of nitrogens with zero attached hydrogens (tertiary/aromatic N) is 2. The number of methoxy groups -OCH3 is 1. The number of nitrogens with one attached hydrogen (secondary N) is 1. The summed E-state index contributed by atoms with van der Waals surface area (Å²) in [6.45, 7) is 9.09. The van der Waals surface area contributed by atoms with Gasteiger partial charge in [0.25, 0.3) is 5.91 Å². The van der Waals surface area contributed by atoms with Crippen molar-refractivity contribution in [3.8, 4) is 5.75 Å². The summed E-state index contributed by atoms with van der Waals surface area (Å²) in [7, 11) is 1.68. The van der Waals surface area contributed by atoms with Crippen LogP contribution >= 0.6 is 0 Å². The Morgan fingerprint density at radius 1 is 1.13 bits per heavy atom. The van der Waals surface area contributed by atoms with E-state index >= 15 is 0 Å². The van der Waals surface area contributed by atoms with E-state index in [1.807, 2.05) is 41.3 Å². The number of hydrogen-bond acceptors (Lipinski definition) is 4. The summed E-state index contributed by atoms with van der Waals surface area (Å²) in [5.41, 5.74) is 2.83. The van der Waals surface area contributed by atoms with Gasteiger partial charge in [0.05, 0.1) is 7.11 Å². The molecule has 0 unspecified atom stereocenters. The van der Waals surface area contributed by atoms with Crippen LogP contribution in [-0.2, 0) is 11.3 Å². The van der Waals surface area contributed by atoms with E-state index in [0.29, 0.717) is 25.2 Å². The molecule has 30 heavy (non-hydrogen) atoms. The molecular formula is C24H29N3O3. The molecule has 0 aromatic heterocycles. The van der Waals surface area contributed by atoms with E-state index in [9.17, 15) is 9.59 Å². The van der Waals surface area contributed by atoms with E-state index in [2.05, 4.69) is 35.9 Å². The van der Waals surface area contributed by atoms with E-state index in [1.54, 1.807) is 7.11 Å². The Bertz CT molecular complexity index is 887. The lowest BCUT2D eigenvalue weighted by Crippen LogP contribution is -2.49. The Morgan fingerprint density at radius 2 is 1.83 bits per heavy atom. The lowest BCUT2D eigenvalue weighted by molar-refractivity contribution is -0.116. The third-order valence-electron chi connectivity index (χ3n) is 5.58. The van der Waals surface area contributed by atoms with Crippen molar-refractivity contribution in [1.29, 1.82) is 0 Å². The molecule has 1 saturated heterocycles. The Morgan fingerprint density at radius 3 is 2.47 bits per heavy atom. The summed E-state index contributed by atoms with van der Waals surface area (Å²) in [6.07, 6.45) is 1.24. The van der Waals surface area contributed by atoms with Crippen LogP contribution in [0.3, 0.4) is 0 Å². The number of rotatable bonds is 7. The van der Waals surface area contributed by atoms with Crippen LogP contribution in [0.25, 0.3) is 0 Å². The molecule has 2 amide bonds. The third-order valence-corrected chi connectivity index (χ3v) is 5.58. The average Bonchev–Trinajstić information content (AvgIpc) is 2.82. The second-order valence-electron chi connectivity index (χ2n) is 7.40. The maximum absolute atomic E-state index is 12.9. The molecule has 2 aromatic carbocycles. The van der Waals surface area contributed by atoms with Gasteiger partial charge < -0.3 is 15.0 Å². The predicted molar refractivity (Wildman–Crippen MR) is 117 cm³/mol. The predicted octanol–water partition coefficient (Wildman–Crippen LogP) is 3.02. The van der Waals surface area contributed by atoms with Crippen molar-refractivity contribution in [2.75, 3.05) is 33.3 Å². The summed E-state index contributed by atoms with van der Waals surface area (Å²) in [6, 6.07) is 15.8.